The fourth-order valence-corrected chi connectivity index (χ4v) is 2.40. The minimum atomic E-state index is -0.650. The first-order valence-corrected chi connectivity index (χ1v) is 5.76. The first-order valence-electron chi connectivity index (χ1n) is 5.76. The summed E-state index contributed by atoms with van der Waals surface area (Å²) in [4.78, 5) is 10.6. The molecule has 1 aromatic carbocycles. The van der Waals surface area contributed by atoms with E-state index in [0.717, 1.165) is 25.7 Å². The molecule has 0 atom stereocenters. The minimum Gasteiger partial charge on any atom is -0.446 e. The monoisotopic (exact) mass is 219 g/mol. The van der Waals surface area contributed by atoms with E-state index in [-0.39, 0.29) is 6.10 Å². The van der Waals surface area contributed by atoms with Gasteiger partial charge in [-0.3, -0.25) is 0 Å². The summed E-state index contributed by atoms with van der Waals surface area (Å²) in [6, 6.07) is 10.5. The van der Waals surface area contributed by atoms with Crippen molar-refractivity contribution in [1.82, 2.24) is 0 Å². The summed E-state index contributed by atoms with van der Waals surface area (Å²) >= 11 is 0. The summed E-state index contributed by atoms with van der Waals surface area (Å²) in [6.07, 6.45) is 3.36. The quantitative estimate of drug-likeness (QED) is 0.831. The van der Waals surface area contributed by atoms with Crippen molar-refractivity contribution in [3.05, 3.63) is 35.9 Å². The standard InChI is InChI=1S/C13H17NO2/c14-13(15)16-12-8-6-11(7-9-12)10-4-2-1-3-5-10/h1-5,11-12H,6-9H2,(H2,14,15). The molecule has 3 nitrogen and oxygen atoms in total. The van der Waals surface area contributed by atoms with Crippen molar-refractivity contribution in [2.24, 2.45) is 5.73 Å². The molecule has 1 aliphatic carbocycles. The van der Waals surface area contributed by atoms with Gasteiger partial charge in [-0.25, -0.2) is 4.79 Å². The number of ether oxygens (including phenoxy) is 1. The molecule has 1 amide bonds. The zero-order valence-corrected chi connectivity index (χ0v) is 9.26. The summed E-state index contributed by atoms with van der Waals surface area (Å²) in [5, 5.41) is 0. The molecule has 0 heterocycles. The summed E-state index contributed by atoms with van der Waals surface area (Å²) in [5.41, 5.74) is 6.40. The van der Waals surface area contributed by atoms with Gasteiger partial charge in [-0.15, -0.1) is 0 Å². The van der Waals surface area contributed by atoms with Gasteiger partial charge in [-0.2, -0.15) is 0 Å². The molecule has 0 bridgehead atoms. The highest BCUT2D eigenvalue weighted by Crippen LogP contribution is 2.33. The Labute approximate surface area is 95.6 Å². The maximum absolute atomic E-state index is 10.6. The maximum atomic E-state index is 10.6. The summed E-state index contributed by atoms with van der Waals surface area (Å²) in [7, 11) is 0. The van der Waals surface area contributed by atoms with Gasteiger partial charge in [0, 0.05) is 0 Å². The van der Waals surface area contributed by atoms with E-state index in [0.29, 0.717) is 5.92 Å². The van der Waals surface area contributed by atoms with E-state index in [1.54, 1.807) is 0 Å². The molecule has 3 heteroatoms. The van der Waals surface area contributed by atoms with Crippen LogP contribution in [0.25, 0.3) is 0 Å². The van der Waals surface area contributed by atoms with E-state index in [9.17, 15) is 4.79 Å². The lowest BCUT2D eigenvalue weighted by Crippen LogP contribution is -2.26. The number of nitrogens with two attached hydrogens (primary N) is 1. The Morgan fingerprint density at radius 1 is 1.12 bits per heavy atom. The second-order valence-electron chi connectivity index (χ2n) is 4.32. The second-order valence-corrected chi connectivity index (χ2v) is 4.32. The number of benzene rings is 1. The van der Waals surface area contributed by atoms with Crippen molar-refractivity contribution >= 4 is 6.09 Å². The van der Waals surface area contributed by atoms with Crippen LogP contribution in [0.4, 0.5) is 4.79 Å². The third-order valence-corrected chi connectivity index (χ3v) is 3.23. The third kappa shape index (κ3) is 2.75. The molecule has 0 spiro atoms. The lowest BCUT2D eigenvalue weighted by atomic mass is 9.83. The Hall–Kier alpha value is -1.51. The Kier molecular flexibility index (Phi) is 3.44. The van der Waals surface area contributed by atoms with Gasteiger partial charge in [0.1, 0.15) is 6.10 Å². The van der Waals surface area contributed by atoms with Crippen LogP contribution in [0, 0.1) is 0 Å². The molecular formula is C13H17NO2. The Bertz CT molecular complexity index is 342. The zero-order chi connectivity index (χ0) is 11.4. The fourth-order valence-electron chi connectivity index (χ4n) is 2.40. The van der Waals surface area contributed by atoms with Crippen LogP contribution in [0.15, 0.2) is 30.3 Å². The van der Waals surface area contributed by atoms with Gasteiger partial charge >= 0.3 is 6.09 Å². The molecule has 86 valence electrons. The molecule has 2 N–H and O–H groups in total. The van der Waals surface area contributed by atoms with Gasteiger partial charge in [-0.05, 0) is 37.2 Å². The van der Waals surface area contributed by atoms with Gasteiger partial charge < -0.3 is 10.5 Å². The molecule has 0 aromatic heterocycles. The molecule has 0 unspecified atom stereocenters. The highest BCUT2D eigenvalue weighted by atomic mass is 16.6. The molecule has 0 saturated heterocycles. The SMILES string of the molecule is NC(=O)OC1CCC(c2ccccc2)CC1. The average molecular weight is 219 g/mol. The van der Waals surface area contributed by atoms with Crippen LogP contribution in [0.1, 0.15) is 37.2 Å². The molecule has 0 aliphatic heterocycles. The molecule has 2 rings (SSSR count). The van der Waals surface area contributed by atoms with Gasteiger partial charge in [0.2, 0.25) is 0 Å². The maximum Gasteiger partial charge on any atom is 0.404 e. The van der Waals surface area contributed by atoms with Crippen molar-refractivity contribution in [3.63, 3.8) is 0 Å². The number of primary amides is 1. The van der Waals surface area contributed by atoms with Crippen LogP contribution in [0.2, 0.25) is 0 Å². The van der Waals surface area contributed by atoms with Gasteiger partial charge in [0.25, 0.3) is 0 Å². The van der Waals surface area contributed by atoms with Crippen LogP contribution in [-0.4, -0.2) is 12.2 Å². The van der Waals surface area contributed by atoms with Crippen LogP contribution >= 0.6 is 0 Å². The summed E-state index contributed by atoms with van der Waals surface area (Å²) < 4.78 is 5.01. The van der Waals surface area contributed by atoms with Crippen LogP contribution < -0.4 is 5.73 Å². The normalized spacial score (nSPS) is 25.0. The van der Waals surface area contributed by atoms with E-state index in [4.69, 9.17) is 10.5 Å². The molecule has 1 fully saturated rings. The summed E-state index contributed by atoms with van der Waals surface area (Å²) in [5.74, 6) is 0.605. The van der Waals surface area contributed by atoms with Crippen molar-refractivity contribution < 1.29 is 9.53 Å². The Morgan fingerprint density at radius 2 is 1.75 bits per heavy atom. The lowest BCUT2D eigenvalue weighted by molar-refractivity contribution is 0.0787. The predicted molar refractivity (Wildman–Crippen MR) is 62.1 cm³/mol. The van der Waals surface area contributed by atoms with Crippen molar-refractivity contribution in [3.8, 4) is 0 Å². The van der Waals surface area contributed by atoms with Crippen molar-refractivity contribution in [2.75, 3.05) is 0 Å². The molecule has 1 aromatic rings. The number of carbonyl (C=O) groups is 1. The highest BCUT2D eigenvalue weighted by molar-refractivity contribution is 5.64. The molecule has 16 heavy (non-hydrogen) atoms. The largest absolute Gasteiger partial charge is 0.446 e. The number of amides is 1. The number of hydrogen-bond acceptors (Lipinski definition) is 2. The highest BCUT2D eigenvalue weighted by Gasteiger charge is 2.23. The van der Waals surface area contributed by atoms with Crippen LogP contribution in [-0.2, 0) is 4.74 Å². The molecular weight excluding hydrogens is 202 g/mol. The molecule has 1 saturated carbocycles. The van der Waals surface area contributed by atoms with Crippen LogP contribution in [0.5, 0.6) is 0 Å². The second kappa shape index (κ2) is 5.01. The van der Waals surface area contributed by atoms with Crippen molar-refractivity contribution in [1.29, 1.82) is 0 Å². The van der Waals surface area contributed by atoms with E-state index < -0.39 is 6.09 Å². The zero-order valence-electron chi connectivity index (χ0n) is 9.26. The molecule has 1 aliphatic rings. The Balaban J connectivity index is 1.88. The third-order valence-electron chi connectivity index (χ3n) is 3.23. The van der Waals surface area contributed by atoms with Gasteiger partial charge in [-0.1, -0.05) is 30.3 Å². The average Bonchev–Trinajstić information content (AvgIpc) is 2.30. The smallest absolute Gasteiger partial charge is 0.404 e. The van der Waals surface area contributed by atoms with E-state index in [1.807, 2.05) is 6.07 Å². The predicted octanol–water partition coefficient (Wildman–Crippen LogP) is 2.81. The summed E-state index contributed by atoms with van der Waals surface area (Å²) in [6.45, 7) is 0. The van der Waals surface area contributed by atoms with Crippen LogP contribution in [0.3, 0.4) is 0 Å². The number of rotatable bonds is 2. The molecule has 0 radical (unpaired) electrons. The lowest BCUT2D eigenvalue weighted by Gasteiger charge is -2.28. The van der Waals surface area contributed by atoms with Gasteiger partial charge in [0.05, 0.1) is 0 Å². The Morgan fingerprint density at radius 3 is 2.31 bits per heavy atom. The minimum absolute atomic E-state index is 0.0254. The first kappa shape index (κ1) is 11.0. The van der Waals surface area contributed by atoms with Crippen molar-refractivity contribution in [2.45, 2.75) is 37.7 Å². The number of carbonyl (C=O) groups excluding carboxylic acids is 1. The van der Waals surface area contributed by atoms with E-state index >= 15 is 0 Å². The number of hydrogen-bond donors (Lipinski definition) is 1. The van der Waals surface area contributed by atoms with E-state index in [1.165, 1.54) is 5.56 Å². The van der Waals surface area contributed by atoms with Gasteiger partial charge in [0.15, 0.2) is 0 Å². The topological polar surface area (TPSA) is 52.3 Å². The first-order chi connectivity index (χ1) is 7.75. The van der Waals surface area contributed by atoms with E-state index in [2.05, 4.69) is 24.3 Å². The fraction of sp³-hybridized carbons (Fsp3) is 0.462.